The predicted octanol–water partition coefficient (Wildman–Crippen LogP) is 0.895. The number of nitrogens with zero attached hydrogens (tertiary/aromatic N) is 3. The Hall–Kier alpha value is -1.67. The van der Waals surface area contributed by atoms with Crippen molar-refractivity contribution in [2.24, 2.45) is 0 Å². The third-order valence-corrected chi connectivity index (χ3v) is 4.90. The van der Waals surface area contributed by atoms with Crippen LogP contribution in [0.15, 0.2) is 24.5 Å². The molecule has 0 unspecified atom stereocenters. The largest absolute Gasteiger partial charge is 0.337 e. The van der Waals surface area contributed by atoms with Crippen LogP contribution in [0.25, 0.3) is 0 Å². The molecule has 0 aliphatic heterocycles. The van der Waals surface area contributed by atoms with Crippen molar-refractivity contribution >= 4 is 16.1 Å². The number of sulfonamides is 1. The highest BCUT2D eigenvalue weighted by molar-refractivity contribution is 7.89. The van der Waals surface area contributed by atoms with Crippen LogP contribution in [0, 0.1) is 0 Å². The highest BCUT2D eigenvalue weighted by Gasteiger charge is 2.16. The number of pyridine rings is 1. The molecule has 0 atom stereocenters. The Morgan fingerprint density at radius 1 is 1.36 bits per heavy atom. The maximum absolute atomic E-state index is 12.2. The molecule has 0 bridgehead atoms. The van der Waals surface area contributed by atoms with Gasteiger partial charge in [-0.25, -0.2) is 17.5 Å². The molecule has 0 radical (unpaired) electrons. The van der Waals surface area contributed by atoms with Crippen molar-refractivity contribution in [1.82, 2.24) is 19.5 Å². The molecule has 1 N–H and O–H groups in total. The van der Waals surface area contributed by atoms with Crippen molar-refractivity contribution in [3.8, 4) is 0 Å². The summed E-state index contributed by atoms with van der Waals surface area (Å²) in [6.07, 6.45) is 4.22. The second-order valence-corrected chi connectivity index (χ2v) is 7.42. The summed E-state index contributed by atoms with van der Waals surface area (Å²) in [5.41, 5.74) is 0.937. The Bertz CT molecular complexity index is 561. The van der Waals surface area contributed by atoms with Crippen LogP contribution in [0.3, 0.4) is 0 Å². The Balaban J connectivity index is 2.55. The summed E-state index contributed by atoms with van der Waals surface area (Å²) in [7, 11) is -0.350. The van der Waals surface area contributed by atoms with Crippen LogP contribution in [0.5, 0.6) is 0 Å². The number of aromatic nitrogens is 1. The zero-order chi connectivity index (χ0) is 16.6. The zero-order valence-electron chi connectivity index (χ0n) is 13.3. The molecule has 0 spiro atoms. The normalized spacial score (nSPS) is 11.5. The molecule has 0 saturated carbocycles. The summed E-state index contributed by atoms with van der Waals surface area (Å²) >= 11 is 0. The summed E-state index contributed by atoms with van der Waals surface area (Å²) in [5.74, 6) is -0.113. The van der Waals surface area contributed by atoms with Gasteiger partial charge in [0.15, 0.2) is 0 Å². The first-order valence-electron chi connectivity index (χ1n) is 7.18. The van der Waals surface area contributed by atoms with E-state index < -0.39 is 10.0 Å². The molecular formula is C14H24N4O3S. The molecule has 0 aromatic carbocycles. The lowest BCUT2D eigenvalue weighted by atomic mass is 10.2. The highest BCUT2D eigenvalue weighted by Crippen LogP contribution is 2.04. The van der Waals surface area contributed by atoms with Crippen LogP contribution in [0.2, 0.25) is 0 Å². The number of nitrogens with one attached hydrogen (secondary N) is 1. The second kappa shape index (κ2) is 8.70. The zero-order valence-corrected chi connectivity index (χ0v) is 14.1. The maximum atomic E-state index is 12.2. The van der Waals surface area contributed by atoms with Gasteiger partial charge in [0.2, 0.25) is 10.0 Å². The first-order valence-corrected chi connectivity index (χ1v) is 8.79. The van der Waals surface area contributed by atoms with Crippen molar-refractivity contribution in [2.75, 3.05) is 32.9 Å². The van der Waals surface area contributed by atoms with Gasteiger partial charge in [0.1, 0.15) is 0 Å². The lowest BCUT2D eigenvalue weighted by Gasteiger charge is -2.22. The maximum Gasteiger partial charge on any atom is 0.317 e. The van der Waals surface area contributed by atoms with E-state index in [1.165, 1.54) is 14.1 Å². The molecule has 1 rings (SSSR count). The van der Waals surface area contributed by atoms with Crippen molar-refractivity contribution in [1.29, 1.82) is 0 Å². The van der Waals surface area contributed by atoms with E-state index in [0.717, 1.165) is 16.3 Å². The number of carbonyl (C=O) groups is 1. The number of hydrogen-bond donors (Lipinski definition) is 1. The van der Waals surface area contributed by atoms with E-state index in [1.807, 2.05) is 19.1 Å². The summed E-state index contributed by atoms with van der Waals surface area (Å²) in [4.78, 5) is 17.9. The second-order valence-electron chi connectivity index (χ2n) is 5.11. The summed E-state index contributed by atoms with van der Waals surface area (Å²) < 4.78 is 24.5. The van der Waals surface area contributed by atoms with Gasteiger partial charge in [-0.2, -0.15) is 0 Å². The molecule has 1 aromatic rings. The third kappa shape index (κ3) is 5.98. The van der Waals surface area contributed by atoms with Crippen molar-refractivity contribution in [2.45, 2.75) is 19.9 Å². The van der Waals surface area contributed by atoms with Gasteiger partial charge in [0.25, 0.3) is 0 Å². The van der Waals surface area contributed by atoms with Crippen molar-refractivity contribution in [3.63, 3.8) is 0 Å². The molecule has 1 heterocycles. The molecule has 0 fully saturated rings. The van der Waals surface area contributed by atoms with Gasteiger partial charge in [0.05, 0.1) is 5.75 Å². The van der Waals surface area contributed by atoms with Crippen LogP contribution in [0.1, 0.15) is 18.9 Å². The molecule has 7 nitrogen and oxygen atoms in total. The fourth-order valence-corrected chi connectivity index (χ4v) is 2.54. The highest BCUT2D eigenvalue weighted by atomic mass is 32.2. The Kier molecular flexibility index (Phi) is 7.26. The molecule has 22 heavy (non-hydrogen) atoms. The molecule has 0 aliphatic carbocycles. The van der Waals surface area contributed by atoms with Gasteiger partial charge in [-0.1, -0.05) is 13.0 Å². The first kappa shape index (κ1) is 18.4. The van der Waals surface area contributed by atoms with E-state index in [-0.39, 0.29) is 18.3 Å². The minimum absolute atomic E-state index is 0.0899. The topological polar surface area (TPSA) is 82.6 Å². The smallest absolute Gasteiger partial charge is 0.317 e. The first-order chi connectivity index (χ1) is 10.4. The standard InChI is InChI=1S/C14H24N4O3S/c1-4-9-18(12-13-6-5-7-15-11-13)14(19)16-8-10-22(20,21)17(2)3/h5-7,11H,4,8-10,12H2,1-3H3,(H,16,19). The van der Waals surface area contributed by atoms with E-state index >= 15 is 0 Å². The summed E-state index contributed by atoms with van der Waals surface area (Å²) in [6.45, 7) is 3.13. The molecule has 0 aliphatic rings. The van der Waals surface area contributed by atoms with Crippen molar-refractivity contribution in [3.05, 3.63) is 30.1 Å². The van der Waals surface area contributed by atoms with Crippen LogP contribution in [-0.4, -0.2) is 61.6 Å². The Morgan fingerprint density at radius 3 is 2.64 bits per heavy atom. The molecule has 2 amide bonds. The van der Waals surface area contributed by atoms with Gasteiger partial charge in [0, 0.05) is 46.1 Å². The number of amides is 2. The molecular weight excluding hydrogens is 304 g/mol. The average Bonchev–Trinajstić information content (AvgIpc) is 2.47. The number of carbonyl (C=O) groups excluding carboxylic acids is 1. The van der Waals surface area contributed by atoms with E-state index in [1.54, 1.807) is 17.3 Å². The molecule has 8 heteroatoms. The van der Waals surface area contributed by atoms with E-state index in [0.29, 0.717) is 13.1 Å². The Morgan fingerprint density at radius 2 is 2.09 bits per heavy atom. The summed E-state index contributed by atoms with van der Waals surface area (Å²) in [6, 6.07) is 3.46. The molecule has 0 saturated heterocycles. The SMILES string of the molecule is CCCN(Cc1cccnc1)C(=O)NCCS(=O)(=O)N(C)C. The fraction of sp³-hybridized carbons (Fsp3) is 0.571. The van der Waals surface area contributed by atoms with Crippen LogP contribution < -0.4 is 5.32 Å². The van der Waals surface area contributed by atoms with Crippen LogP contribution >= 0.6 is 0 Å². The van der Waals surface area contributed by atoms with Gasteiger partial charge in [-0.15, -0.1) is 0 Å². The van der Waals surface area contributed by atoms with Gasteiger partial charge < -0.3 is 10.2 Å². The van der Waals surface area contributed by atoms with Gasteiger partial charge in [-0.05, 0) is 18.1 Å². The number of urea groups is 1. The predicted molar refractivity (Wildman–Crippen MR) is 85.8 cm³/mol. The van der Waals surface area contributed by atoms with E-state index in [4.69, 9.17) is 0 Å². The fourth-order valence-electron chi connectivity index (χ4n) is 1.82. The summed E-state index contributed by atoms with van der Waals surface area (Å²) in [5, 5.41) is 2.66. The Labute approximate surface area is 132 Å². The quantitative estimate of drug-likeness (QED) is 0.768. The third-order valence-electron chi connectivity index (χ3n) is 3.07. The van der Waals surface area contributed by atoms with Gasteiger partial charge >= 0.3 is 6.03 Å². The van der Waals surface area contributed by atoms with Crippen LogP contribution in [0.4, 0.5) is 4.79 Å². The number of hydrogen-bond acceptors (Lipinski definition) is 4. The average molecular weight is 328 g/mol. The monoisotopic (exact) mass is 328 g/mol. The van der Waals surface area contributed by atoms with Crippen molar-refractivity contribution < 1.29 is 13.2 Å². The lowest BCUT2D eigenvalue weighted by molar-refractivity contribution is 0.195. The molecule has 1 aromatic heterocycles. The van der Waals surface area contributed by atoms with Gasteiger partial charge in [-0.3, -0.25) is 4.98 Å². The lowest BCUT2D eigenvalue weighted by Crippen LogP contribution is -2.42. The van der Waals surface area contributed by atoms with E-state index in [9.17, 15) is 13.2 Å². The molecule has 124 valence electrons. The number of rotatable bonds is 8. The minimum Gasteiger partial charge on any atom is -0.337 e. The minimum atomic E-state index is -3.30. The van der Waals surface area contributed by atoms with Crippen LogP contribution in [-0.2, 0) is 16.6 Å². The van der Waals surface area contributed by atoms with E-state index in [2.05, 4.69) is 10.3 Å².